The van der Waals surface area contributed by atoms with E-state index in [1.165, 1.54) is 12.1 Å². The van der Waals surface area contributed by atoms with Crippen molar-refractivity contribution >= 4 is 23.5 Å². The predicted molar refractivity (Wildman–Crippen MR) is 89.5 cm³/mol. The highest BCUT2D eigenvalue weighted by Gasteiger charge is 2.31. The van der Waals surface area contributed by atoms with Crippen molar-refractivity contribution in [1.29, 1.82) is 0 Å². The number of anilines is 1. The molecular weight excluding hydrogens is 324 g/mol. The minimum absolute atomic E-state index is 0.238. The molecule has 0 spiro atoms. The summed E-state index contributed by atoms with van der Waals surface area (Å²) in [5, 5.41) is 17.8. The highest BCUT2D eigenvalue weighted by atomic mass is 16.4. The molecule has 1 aromatic carbocycles. The third-order valence-corrected chi connectivity index (χ3v) is 4.00. The molecule has 3 rings (SSSR count). The molecule has 1 fully saturated rings. The molecule has 130 valence electrons. The summed E-state index contributed by atoms with van der Waals surface area (Å²) in [7, 11) is 1.83. The zero-order valence-corrected chi connectivity index (χ0v) is 13.7. The Morgan fingerprint density at radius 3 is 2.48 bits per heavy atom. The normalized spacial score (nSPS) is 13.3. The number of hydrogen-bond donors (Lipinski definition) is 3. The molecule has 25 heavy (non-hydrogen) atoms. The van der Waals surface area contributed by atoms with Crippen LogP contribution in [0.4, 0.5) is 5.69 Å². The summed E-state index contributed by atoms with van der Waals surface area (Å²) >= 11 is 0. The van der Waals surface area contributed by atoms with Gasteiger partial charge in [0.05, 0.1) is 17.5 Å². The number of carbonyl (C=O) groups is 3. The Hall–Kier alpha value is -3.16. The van der Waals surface area contributed by atoms with Crippen molar-refractivity contribution < 1.29 is 19.5 Å². The van der Waals surface area contributed by atoms with Crippen molar-refractivity contribution in [2.45, 2.75) is 18.8 Å². The maximum absolute atomic E-state index is 12.5. The topological polar surface area (TPSA) is 113 Å². The molecule has 2 amide bonds. The lowest BCUT2D eigenvalue weighted by Gasteiger charge is -2.08. The summed E-state index contributed by atoms with van der Waals surface area (Å²) in [5.74, 6) is -1.43. The van der Waals surface area contributed by atoms with Crippen LogP contribution < -0.4 is 10.6 Å². The van der Waals surface area contributed by atoms with Crippen molar-refractivity contribution in [2.24, 2.45) is 7.05 Å². The fraction of sp³-hybridized carbons (Fsp3) is 0.294. The number of aryl methyl sites for hydroxylation is 1. The lowest BCUT2D eigenvalue weighted by Crippen LogP contribution is -2.29. The number of carboxylic acid groups (broad SMARTS) is 1. The molecule has 0 bridgehead atoms. The van der Waals surface area contributed by atoms with Crippen LogP contribution in [0.1, 0.15) is 45.2 Å². The SMILES string of the molecule is Cn1ncc(C(=O)Nc2ccc(C(=O)NCC(=O)O)cc2)c1C1CC1. The Kier molecular flexibility index (Phi) is 4.51. The van der Waals surface area contributed by atoms with Gasteiger partial charge in [0, 0.05) is 24.2 Å². The van der Waals surface area contributed by atoms with E-state index in [1.54, 1.807) is 23.0 Å². The molecule has 0 unspecified atom stereocenters. The van der Waals surface area contributed by atoms with Crippen LogP contribution in [0, 0.1) is 0 Å². The average Bonchev–Trinajstić information content (AvgIpc) is 3.35. The summed E-state index contributed by atoms with van der Waals surface area (Å²) in [4.78, 5) is 34.7. The molecule has 8 heteroatoms. The summed E-state index contributed by atoms with van der Waals surface area (Å²) in [6, 6.07) is 6.25. The minimum Gasteiger partial charge on any atom is -0.480 e. The first-order valence-electron chi connectivity index (χ1n) is 7.89. The Morgan fingerprint density at radius 2 is 1.88 bits per heavy atom. The molecule has 0 aliphatic heterocycles. The predicted octanol–water partition coefficient (Wildman–Crippen LogP) is 1.36. The quantitative estimate of drug-likeness (QED) is 0.734. The van der Waals surface area contributed by atoms with Gasteiger partial charge in [0.25, 0.3) is 11.8 Å². The number of nitrogens with zero attached hydrogens (tertiary/aromatic N) is 2. The highest BCUT2D eigenvalue weighted by molar-refractivity contribution is 6.05. The van der Waals surface area contributed by atoms with E-state index in [0.717, 1.165) is 18.5 Å². The maximum Gasteiger partial charge on any atom is 0.322 e. The highest BCUT2D eigenvalue weighted by Crippen LogP contribution is 2.41. The Balaban J connectivity index is 1.66. The van der Waals surface area contributed by atoms with Crippen LogP contribution in [0.3, 0.4) is 0 Å². The second-order valence-electron chi connectivity index (χ2n) is 5.95. The van der Waals surface area contributed by atoms with Gasteiger partial charge in [0.2, 0.25) is 0 Å². The van der Waals surface area contributed by atoms with E-state index in [4.69, 9.17) is 5.11 Å². The molecular formula is C17H18N4O4. The maximum atomic E-state index is 12.5. The van der Waals surface area contributed by atoms with Crippen molar-refractivity contribution in [3.63, 3.8) is 0 Å². The summed E-state index contributed by atoms with van der Waals surface area (Å²) in [6.45, 7) is -0.442. The van der Waals surface area contributed by atoms with Crippen molar-refractivity contribution in [3.8, 4) is 0 Å². The van der Waals surface area contributed by atoms with Gasteiger partial charge in [-0.15, -0.1) is 0 Å². The molecule has 1 aromatic heterocycles. The molecule has 0 saturated heterocycles. The third-order valence-electron chi connectivity index (χ3n) is 4.00. The van der Waals surface area contributed by atoms with E-state index in [-0.39, 0.29) is 5.91 Å². The number of hydrogen-bond acceptors (Lipinski definition) is 4. The minimum atomic E-state index is -1.11. The van der Waals surface area contributed by atoms with Crippen LogP contribution in [0.15, 0.2) is 30.5 Å². The fourth-order valence-corrected chi connectivity index (χ4v) is 2.62. The zero-order valence-electron chi connectivity index (χ0n) is 13.7. The molecule has 1 saturated carbocycles. The summed E-state index contributed by atoms with van der Waals surface area (Å²) in [5.41, 5.74) is 2.38. The molecule has 0 radical (unpaired) electrons. The Bertz CT molecular complexity index is 822. The average molecular weight is 342 g/mol. The Labute approximate surface area is 143 Å². The van der Waals surface area contributed by atoms with Crippen LogP contribution in [-0.2, 0) is 11.8 Å². The van der Waals surface area contributed by atoms with Crippen molar-refractivity contribution in [1.82, 2.24) is 15.1 Å². The zero-order chi connectivity index (χ0) is 18.0. The van der Waals surface area contributed by atoms with Gasteiger partial charge in [-0.05, 0) is 37.1 Å². The lowest BCUT2D eigenvalue weighted by atomic mass is 10.1. The molecule has 0 atom stereocenters. The lowest BCUT2D eigenvalue weighted by molar-refractivity contribution is -0.135. The van der Waals surface area contributed by atoms with Crippen LogP contribution in [0.5, 0.6) is 0 Å². The monoisotopic (exact) mass is 342 g/mol. The van der Waals surface area contributed by atoms with Crippen LogP contribution >= 0.6 is 0 Å². The van der Waals surface area contributed by atoms with E-state index in [0.29, 0.717) is 22.7 Å². The van der Waals surface area contributed by atoms with Crippen LogP contribution in [-0.4, -0.2) is 39.2 Å². The van der Waals surface area contributed by atoms with E-state index in [1.807, 2.05) is 7.05 Å². The van der Waals surface area contributed by atoms with Gasteiger partial charge in [-0.3, -0.25) is 19.1 Å². The van der Waals surface area contributed by atoms with Crippen LogP contribution in [0.25, 0.3) is 0 Å². The number of nitrogens with one attached hydrogen (secondary N) is 2. The molecule has 2 aromatic rings. The van der Waals surface area contributed by atoms with Gasteiger partial charge in [0.1, 0.15) is 6.54 Å². The summed E-state index contributed by atoms with van der Waals surface area (Å²) < 4.78 is 1.74. The van der Waals surface area contributed by atoms with Gasteiger partial charge in [-0.25, -0.2) is 0 Å². The van der Waals surface area contributed by atoms with Crippen LogP contribution in [0.2, 0.25) is 0 Å². The Morgan fingerprint density at radius 1 is 1.20 bits per heavy atom. The number of aliphatic carboxylic acids is 1. The molecule has 1 heterocycles. The van der Waals surface area contributed by atoms with E-state index in [2.05, 4.69) is 15.7 Å². The van der Waals surface area contributed by atoms with Gasteiger partial charge in [-0.1, -0.05) is 0 Å². The van der Waals surface area contributed by atoms with Crippen molar-refractivity contribution in [3.05, 3.63) is 47.3 Å². The van der Waals surface area contributed by atoms with Gasteiger partial charge >= 0.3 is 5.97 Å². The third kappa shape index (κ3) is 3.85. The van der Waals surface area contributed by atoms with E-state index in [9.17, 15) is 14.4 Å². The molecule has 3 N–H and O–H groups in total. The van der Waals surface area contributed by atoms with Gasteiger partial charge < -0.3 is 15.7 Å². The number of carboxylic acids is 1. The molecule has 1 aliphatic rings. The van der Waals surface area contributed by atoms with Crippen molar-refractivity contribution in [2.75, 3.05) is 11.9 Å². The number of amides is 2. The van der Waals surface area contributed by atoms with E-state index >= 15 is 0 Å². The first kappa shape index (κ1) is 16.7. The molecule has 1 aliphatic carbocycles. The fourth-order valence-electron chi connectivity index (χ4n) is 2.62. The van der Waals surface area contributed by atoms with Gasteiger partial charge in [0.15, 0.2) is 0 Å². The first-order chi connectivity index (χ1) is 12.0. The largest absolute Gasteiger partial charge is 0.480 e. The smallest absolute Gasteiger partial charge is 0.322 e. The van der Waals surface area contributed by atoms with E-state index < -0.39 is 18.4 Å². The summed E-state index contributed by atoms with van der Waals surface area (Å²) in [6.07, 6.45) is 3.70. The standard InChI is InChI=1S/C17H18N4O4/c1-21-15(10-2-3-10)13(8-19-21)17(25)20-12-6-4-11(5-7-12)16(24)18-9-14(22)23/h4-8,10H,2-3,9H2,1H3,(H,18,24)(H,20,25)(H,22,23). The second kappa shape index (κ2) is 6.76. The number of aromatic nitrogens is 2. The number of carbonyl (C=O) groups excluding carboxylic acids is 2. The number of benzene rings is 1. The second-order valence-corrected chi connectivity index (χ2v) is 5.95. The number of rotatable bonds is 6. The molecule has 8 nitrogen and oxygen atoms in total. The first-order valence-corrected chi connectivity index (χ1v) is 7.89. The van der Waals surface area contributed by atoms with Gasteiger partial charge in [-0.2, -0.15) is 5.10 Å².